The topological polar surface area (TPSA) is 42.2 Å². The lowest BCUT2D eigenvalue weighted by Gasteiger charge is -2.15. The maximum Gasteiger partial charge on any atom is 0.157 e. The summed E-state index contributed by atoms with van der Waals surface area (Å²) in [5.74, 6) is -0.333. The van der Waals surface area contributed by atoms with Crippen molar-refractivity contribution >= 4 is 11.5 Å². The van der Waals surface area contributed by atoms with Gasteiger partial charge in [-0.05, 0) is 31.2 Å². The summed E-state index contributed by atoms with van der Waals surface area (Å²) in [7, 11) is 0. The molecule has 0 fully saturated rings. The summed E-state index contributed by atoms with van der Waals surface area (Å²) in [4.78, 5) is 4.33. The third-order valence-corrected chi connectivity index (χ3v) is 3.05. The molecule has 20 heavy (non-hydrogen) atoms. The minimum Gasteiger partial charge on any atom is -0.363 e. The van der Waals surface area contributed by atoms with Gasteiger partial charge in [-0.2, -0.15) is 5.10 Å². The van der Waals surface area contributed by atoms with Crippen LogP contribution in [0.1, 0.15) is 18.5 Å². The maximum atomic E-state index is 13.7. The van der Waals surface area contributed by atoms with Crippen molar-refractivity contribution in [2.24, 2.45) is 0 Å². The van der Waals surface area contributed by atoms with Gasteiger partial charge in [-0.25, -0.2) is 18.3 Å². The van der Waals surface area contributed by atoms with Crippen LogP contribution >= 0.6 is 0 Å². The summed E-state index contributed by atoms with van der Waals surface area (Å²) in [5.41, 5.74) is 0.946. The Bertz CT molecular complexity index is 754. The molecule has 1 N–H and O–H groups in total. The lowest BCUT2D eigenvalue weighted by Crippen LogP contribution is -2.10. The van der Waals surface area contributed by atoms with E-state index in [9.17, 15) is 8.78 Å². The van der Waals surface area contributed by atoms with Crippen LogP contribution in [-0.4, -0.2) is 14.6 Å². The fourth-order valence-corrected chi connectivity index (χ4v) is 2.04. The number of hydrogen-bond donors (Lipinski definition) is 1. The third kappa shape index (κ3) is 2.32. The average molecular weight is 274 g/mol. The van der Waals surface area contributed by atoms with Crippen LogP contribution in [0.4, 0.5) is 14.6 Å². The number of anilines is 1. The largest absolute Gasteiger partial charge is 0.363 e. The number of aromatic nitrogens is 3. The van der Waals surface area contributed by atoms with E-state index in [0.29, 0.717) is 11.5 Å². The summed E-state index contributed by atoms with van der Waals surface area (Å²) in [5, 5.41) is 7.09. The molecule has 1 aromatic carbocycles. The van der Waals surface area contributed by atoms with E-state index in [1.165, 1.54) is 6.07 Å². The van der Waals surface area contributed by atoms with E-state index in [2.05, 4.69) is 15.4 Å². The van der Waals surface area contributed by atoms with Gasteiger partial charge in [-0.15, -0.1) is 0 Å². The SMILES string of the molecule is C[C@@H](Nc1ccn2nccc2n1)c1cc(F)ccc1F. The highest BCUT2D eigenvalue weighted by Crippen LogP contribution is 2.21. The van der Waals surface area contributed by atoms with Crippen LogP contribution in [-0.2, 0) is 0 Å². The van der Waals surface area contributed by atoms with Crippen molar-refractivity contribution in [3.05, 3.63) is 59.9 Å². The van der Waals surface area contributed by atoms with Gasteiger partial charge in [-0.1, -0.05) is 0 Å². The zero-order valence-electron chi connectivity index (χ0n) is 10.7. The summed E-state index contributed by atoms with van der Waals surface area (Å²) < 4.78 is 28.5. The van der Waals surface area contributed by atoms with E-state index in [0.717, 1.165) is 12.1 Å². The van der Waals surface area contributed by atoms with Crippen molar-refractivity contribution in [2.75, 3.05) is 5.32 Å². The van der Waals surface area contributed by atoms with Crippen LogP contribution in [0.2, 0.25) is 0 Å². The number of nitrogens with one attached hydrogen (secondary N) is 1. The molecule has 0 aliphatic rings. The van der Waals surface area contributed by atoms with Crippen LogP contribution in [0, 0.1) is 11.6 Å². The van der Waals surface area contributed by atoms with E-state index >= 15 is 0 Å². The van der Waals surface area contributed by atoms with Gasteiger partial charge >= 0.3 is 0 Å². The number of halogens is 2. The van der Waals surface area contributed by atoms with Gasteiger partial charge in [0.05, 0.1) is 12.2 Å². The third-order valence-electron chi connectivity index (χ3n) is 3.05. The Morgan fingerprint density at radius 1 is 1.20 bits per heavy atom. The van der Waals surface area contributed by atoms with Crippen molar-refractivity contribution in [1.82, 2.24) is 14.6 Å². The zero-order valence-corrected chi connectivity index (χ0v) is 10.7. The van der Waals surface area contributed by atoms with E-state index in [-0.39, 0.29) is 5.56 Å². The molecule has 0 amide bonds. The second kappa shape index (κ2) is 4.88. The average Bonchev–Trinajstić information content (AvgIpc) is 2.89. The van der Waals surface area contributed by atoms with Crippen molar-refractivity contribution in [3.63, 3.8) is 0 Å². The van der Waals surface area contributed by atoms with Gasteiger partial charge in [0.1, 0.15) is 17.5 Å². The Balaban J connectivity index is 1.87. The molecular formula is C14H12F2N4. The fraction of sp³-hybridized carbons (Fsp3) is 0.143. The maximum absolute atomic E-state index is 13.7. The molecule has 0 spiro atoms. The predicted octanol–water partition coefficient (Wildman–Crippen LogP) is 3.18. The van der Waals surface area contributed by atoms with Gasteiger partial charge in [0.2, 0.25) is 0 Å². The fourth-order valence-electron chi connectivity index (χ4n) is 2.04. The van der Waals surface area contributed by atoms with Crippen LogP contribution in [0.25, 0.3) is 5.65 Å². The number of nitrogens with zero attached hydrogens (tertiary/aromatic N) is 3. The lowest BCUT2D eigenvalue weighted by molar-refractivity contribution is 0.577. The second-order valence-electron chi connectivity index (χ2n) is 4.48. The molecule has 0 bridgehead atoms. The van der Waals surface area contributed by atoms with Gasteiger partial charge < -0.3 is 5.32 Å². The number of hydrogen-bond acceptors (Lipinski definition) is 3. The molecule has 4 nitrogen and oxygen atoms in total. The summed E-state index contributed by atoms with van der Waals surface area (Å²) in [6, 6.07) is 6.50. The zero-order chi connectivity index (χ0) is 14.1. The normalized spacial score (nSPS) is 12.6. The minimum absolute atomic E-state index is 0.264. The molecule has 0 radical (unpaired) electrons. The number of fused-ring (bicyclic) bond motifs is 1. The first-order valence-electron chi connectivity index (χ1n) is 6.15. The van der Waals surface area contributed by atoms with Gasteiger partial charge in [0.15, 0.2) is 5.65 Å². The highest BCUT2D eigenvalue weighted by atomic mass is 19.1. The highest BCUT2D eigenvalue weighted by molar-refractivity contribution is 5.46. The van der Waals surface area contributed by atoms with E-state index in [4.69, 9.17) is 0 Å². The molecule has 2 heterocycles. The predicted molar refractivity (Wildman–Crippen MR) is 71.4 cm³/mol. The van der Waals surface area contributed by atoms with E-state index in [1.54, 1.807) is 36.0 Å². The van der Waals surface area contributed by atoms with Crippen LogP contribution < -0.4 is 5.32 Å². The lowest BCUT2D eigenvalue weighted by atomic mass is 10.1. The van der Waals surface area contributed by atoms with Crippen molar-refractivity contribution in [2.45, 2.75) is 13.0 Å². The molecule has 102 valence electrons. The summed E-state index contributed by atoms with van der Waals surface area (Å²) in [6.07, 6.45) is 3.39. The van der Waals surface area contributed by atoms with E-state index in [1.807, 2.05) is 0 Å². The molecule has 0 saturated heterocycles. The molecule has 3 aromatic rings. The van der Waals surface area contributed by atoms with Crippen molar-refractivity contribution in [3.8, 4) is 0 Å². The molecule has 0 aliphatic carbocycles. The molecule has 6 heteroatoms. The van der Waals surface area contributed by atoms with Crippen LogP contribution in [0.15, 0.2) is 42.7 Å². The Morgan fingerprint density at radius 3 is 2.90 bits per heavy atom. The van der Waals surface area contributed by atoms with Crippen molar-refractivity contribution in [1.29, 1.82) is 0 Å². The van der Waals surface area contributed by atoms with Crippen molar-refractivity contribution < 1.29 is 8.78 Å². The Kier molecular flexibility index (Phi) is 3.06. The summed E-state index contributed by atoms with van der Waals surface area (Å²) in [6.45, 7) is 1.75. The minimum atomic E-state index is -0.464. The Labute approximate surface area is 114 Å². The standard InChI is InChI=1S/C14H12F2N4/c1-9(11-8-10(15)2-3-12(11)16)18-13-5-7-20-14(19-13)4-6-17-20/h2-9H,1H3,(H,18,19)/t9-/m1/s1. The van der Waals surface area contributed by atoms with Crippen LogP contribution in [0.3, 0.4) is 0 Å². The number of rotatable bonds is 3. The molecule has 0 unspecified atom stereocenters. The number of benzene rings is 1. The van der Waals surface area contributed by atoms with Gasteiger partial charge in [0, 0.05) is 17.8 Å². The highest BCUT2D eigenvalue weighted by Gasteiger charge is 2.12. The molecule has 0 saturated carbocycles. The van der Waals surface area contributed by atoms with Crippen LogP contribution in [0.5, 0.6) is 0 Å². The first kappa shape index (κ1) is 12.5. The first-order valence-corrected chi connectivity index (χ1v) is 6.15. The second-order valence-corrected chi connectivity index (χ2v) is 4.48. The first-order chi connectivity index (χ1) is 9.63. The smallest absolute Gasteiger partial charge is 0.157 e. The molecule has 1 atom stereocenters. The van der Waals surface area contributed by atoms with Gasteiger partial charge in [0.25, 0.3) is 0 Å². The molecular weight excluding hydrogens is 262 g/mol. The van der Waals surface area contributed by atoms with Gasteiger partial charge in [-0.3, -0.25) is 0 Å². The molecule has 3 rings (SSSR count). The van der Waals surface area contributed by atoms with E-state index < -0.39 is 17.7 Å². The Morgan fingerprint density at radius 2 is 2.05 bits per heavy atom. The monoisotopic (exact) mass is 274 g/mol. The molecule has 2 aromatic heterocycles. The molecule has 0 aliphatic heterocycles. The Hall–Kier alpha value is -2.50. The quantitative estimate of drug-likeness (QED) is 0.797. The summed E-state index contributed by atoms with van der Waals surface area (Å²) >= 11 is 0.